The summed E-state index contributed by atoms with van der Waals surface area (Å²) in [5.74, 6) is 0.155. The molecule has 0 saturated heterocycles. The number of carbonyl (C=O) groups excluding carboxylic acids is 2. The number of pyridine rings is 1. The molecule has 7 nitrogen and oxygen atoms in total. The highest BCUT2D eigenvalue weighted by molar-refractivity contribution is 6.00. The fourth-order valence-electron chi connectivity index (χ4n) is 2.17. The number of aromatic nitrogens is 3. The minimum Gasteiger partial charge on any atom is -0.340 e. The van der Waals surface area contributed by atoms with Crippen LogP contribution in [0.25, 0.3) is 0 Å². The molecule has 0 bridgehead atoms. The summed E-state index contributed by atoms with van der Waals surface area (Å²) >= 11 is 0. The summed E-state index contributed by atoms with van der Waals surface area (Å²) in [5, 5.41) is 11.9. The first-order chi connectivity index (χ1) is 11.0. The number of anilines is 1. The molecule has 2 amide bonds. The van der Waals surface area contributed by atoms with Gasteiger partial charge in [-0.2, -0.15) is 5.10 Å². The summed E-state index contributed by atoms with van der Waals surface area (Å²) in [6.45, 7) is 5.86. The molecule has 0 saturated carbocycles. The van der Waals surface area contributed by atoms with Crippen LogP contribution in [0.4, 0.5) is 5.82 Å². The quantitative estimate of drug-likeness (QED) is 0.758. The standard InChI is InChI=1S/C16H21N5O2/c1-10(2)6-13(16(23)20-14-4-5-18-21-14)19-15(22)12-7-11(3)8-17-9-12/h4-5,7-10,13H,6H2,1-3H3,(H,19,22)(H2,18,20,21,23)/t13-/m1/s1. The van der Waals surface area contributed by atoms with Crippen molar-refractivity contribution in [1.82, 2.24) is 20.5 Å². The van der Waals surface area contributed by atoms with Crippen LogP contribution in [0.3, 0.4) is 0 Å². The fraction of sp³-hybridized carbons (Fsp3) is 0.375. The Bertz CT molecular complexity index is 667. The molecule has 0 fully saturated rings. The third-order valence-electron chi connectivity index (χ3n) is 3.22. The van der Waals surface area contributed by atoms with Gasteiger partial charge in [-0.1, -0.05) is 13.8 Å². The SMILES string of the molecule is Cc1cncc(C(=O)N[C@H](CC(C)C)C(=O)Nc2ccn[nH]2)c1. The molecule has 7 heteroatoms. The van der Waals surface area contributed by atoms with Gasteiger partial charge in [-0.05, 0) is 30.9 Å². The molecule has 2 rings (SSSR count). The van der Waals surface area contributed by atoms with Crippen LogP contribution >= 0.6 is 0 Å². The number of H-pyrrole nitrogens is 1. The summed E-state index contributed by atoms with van der Waals surface area (Å²) in [5.41, 5.74) is 1.33. The third kappa shape index (κ3) is 4.91. The molecular formula is C16H21N5O2. The van der Waals surface area contributed by atoms with Crippen molar-refractivity contribution in [2.75, 3.05) is 5.32 Å². The minimum atomic E-state index is -0.633. The average molecular weight is 315 g/mol. The van der Waals surface area contributed by atoms with Gasteiger partial charge in [-0.25, -0.2) is 0 Å². The molecule has 0 radical (unpaired) electrons. The van der Waals surface area contributed by atoms with Gasteiger partial charge in [-0.15, -0.1) is 0 Å². The van der Waals surface area contributed by atoms with Gasteiger partial charge in [0.05, 0.1) is 11.8 Å². The van der Waals surface area contributed by atoms with E-state index < -0.39 is 6.04 Å². The van der Waals surface area contributed by atoms with E-state index in [4.69, 9.17) is 0 Å². The lowest BCUT2D eigenvalue weighted by Crippen LogP contribution is -2.44. The molecule has 0 spiro atoms. The lowest BCUT2D eigenvalue weighted by Gasteiger charge is -2.19. The van der Waals surface area contributed by atoms with E-state index in [1.807, 2.05) is 20.8 Å². The summed E-state index contributed by atoms with van der Waals surface area (Å²) < 4.78 is 0. The molecule has 0 aliphatic carbocycles. The number of nitrogens with zero attached hydrogens (tertiary/aromatic N) is 2. The summed E-state index contributed by atoms with van der Waals surface area (Å²) in [6, 6.07) is 2.75. The van der Waals surface area contributed by atoms with E-state index in [0.717, 1.165) is 5.56 Å². The van der Waals surface area contributed by atoms with Crippen LogP contribution in [0.15, 0.2) is 30.7 Å². The zero-order valence-corrected chi connectivity index (χ0v) is 13.5. The Morgan fingerprint density at radius 2 is 2.09 bits per heavy atom. The van der Waals surface area contributed by atoms with Gasteiger partial charge in [-0.3, -0.25) is 19.7 Å². The highest BCUT2D eigenvalue weighted by Gasteiger charge is 2.23. The fourth-order valence-corrected chi connectivity index (χ4v) is 2.17. The first-order valence-electron chi connectivity index (χ1n) is 7.48. The van der Waals surface area contributed by atoms with E-state index in [0.29, 0.717) is 17.8 Å². The van der Waals surface area contributed by atoms with Crippen molar-refractivity contribution >= 4 is 17.6 Å². The maximum Gasteiger partial charge on any atom is 0.253 e. The number of amides is 2. The lowest BCUT2D eigenvalue weighted by molar-refractivity contribution is -0.118. The molecule has 3 N–H and O–H groups in total. The maximum atomic E-state index is 12.4. The van der Waals surface area contributed by atoms with Crippen molar-refractivity contribution in [1.29, 1.82) is 0 Å². The monoisotopic (exact) mass is 315 g/mol. The predicted molar refractivity (Wildman–Crippen MR) is 86.9 cm³/mol. The molecule has 1 atom stereocenters. The first kappa shape index (κ1) is 16.7. The number of carbonyl (C=O) groups is 2. The number of nitrogens with one attached hydrogen (secondary N) is 3. The van der Waals surface area contributed by atoms with Crippen molar-refractivity contribution in [3.05, 3.63) is 41.9 Å². The average Bonchev–Trinajstić information content (AvgIpc) is 2.99. The second-order valence-corrected chi connectivity index (χ2v) is 5.87. The predicted octanol–water partition coefficient (Wildman–Crippen LogP) is 1.90. The molecule has 2 heterocycles. The molecule has 0 aliphatic heterocycles. The van der Waals surface area contributed by atoms with Crippen LogP contribution in [0.1, 0.15) is 36.2 Å². The molecule has 0 unspecified atom stereocenters. The number of rotatable bonds is 6. The second-order valence-electron chi connectivity index (χ2n) is 5.87. The largest absolute Gasteiger partial charge is 0.340 e. The Labute approximate surface area is 134 Å². The van der Waals surface area contributed by atoms with E-state index in [9.17, 15) is 9.59 Å². The van der Waals surface area contributed by atoms with E-state index in [1.165, 1.54) is 6.20 Å². The Morgan fingerprint density at radius 1 is 1.30 bits per heavy atom. The molecule has 23 heavy (non-hydrogen) atoms. The topological polar surface area (TPSA) is 99.8 Å². The van der Waals surface area contributed by atoms with Crippen molar-refractivity contribution in [2.45, 2.75) is 33.2 Å². The highest BCUT2D eigenvalue weighted by Crippen LogP contribution is 2.10. The smallest absolute Gasteiger partial charge is 0.253 e. The van der Waals surface area contributed by atoms with Gasteiger partial charge in [0, 0.05) is 18.5 Å². The van der Waals surface area contributed by atoms with Crippen LogP contribution in [-0.2, 0) is 4.79 Å². The highest BCUT2D eigenvalue weighted by atomic mass is 16.2. The molecule has 0 aliphatic rings. The van der Waals surface area contributed by atoms with Crippen molar-refractivity contribution in [3.63, 3.8) is 0 Å². The van der Waals surface area contributed by atoms with Crippen LogP contribution in [0.2, 0.25) is 0 Å². The number of aryl methyl sites for hydroxylation is 1. The minimum absolute atomic E-state index is 0.253. The van der Waals surface area contributed by atoms with Gasteiger partial charge in [0.1, 0.15) is 11.9 Å². The van der Waals surface area contributed by atoms with E-state index in [1.54, 1.807) is 24.5 Å². The van der Waals surface area contributed by atoms with Gasteiger partial charge < -0.3 is 10.6 Å². The second kappa shape index (κ2) is 7.53. The molecular weight excluding hydrogens is 294 g/mol. The van der Waals surface area contributed by atoms with Crippen molar-refractivity contribution in [2.24, 2.45) is 5.92 Å². The van der Waals surface area contributed by atoms with Crippen molar-refractivity contribution < 1.29 is 9.59 Å². The normalized spacial score (nSPS) is 12.0. The molecule has 2 aromatic rings. The summed E-state index contributed by atoms with van der Waals surface area (Å²) in [7, 11) is 0. The van der Waals surface area contributed by atoms with E-state index >= 15 is 0 Å². The van der Waals surface area contributed by atoms with Gasteiger partial charge in [0.25, 0.3) is 5.91 Å². The summed E-state index contributed by atoms with van der Waals surface area (Å²) in [6.07, 6.45) is 5.24. The van der Waals surface area contributed by atoms with Crippen LogP contribution in [0, 0.1) is 12.8 Å². The third-order valence-corrected chi connectivity index (χ3v) is 3.22. The molecule has 0 aromatic carbocycles. The summed E-state index contributed by atoms with van der Waals surface area (Å²) in [4.78, 5) is 28.7. The molecule has 122 valence electrons. The van der Waals surface area contributed by atoms with Crippen LogP contribution in [-0.4, -0.2) is 33.0 Å². The Balaban J connectivity index is 2.08. The number of hydrogen-bond donors (Lipinski definition) is 3. The van der Waals surface area contributed by atoms with Gasteiger partial charge in [0.2, 0.25) is 5.91 Å². The van der Waals surface area contributed by atoms with E-state index in [-0.39, 0.29) is 17.7 Å². The van der Waals surface area contributed by atoms with Crippen molar-refractivity contribution in [3.8, 4) is 0 Å². The number of aromatic amines is 1. The van der Waals surface area contributed by atoms with Gasteiger partial charge >= 0.3 is 0 Å². The van der Waals surface area contributed by atoms with Gasteiger partial charge in [0.15, 0.2) is 0 Å². The van der Waals surface area contributed by atoms with Crippen LogP contribution in [0.5, 0.6) is 0 Å². The zero-order chi connectivity index (χ0) is 16.8. The Hall–Kier alpha value is -2.70. The Morgan fingerprint density at radius 3 is 2.70 bits per heavy atom. The number of hydrogen-bond acceptors (Lipinski definition) is 4. The maximum absolute atomic E-state index is 12.4. The first-order valence-corrected chi connectivity index (χ1v) is 7.48. The lowest BCUT2D eigenvalue weighted by atomic mass is 10.0. The molecule has 2 aromatic heterocycles. The Kier molecular flexibility index (Phi) is 5.46. The zero-order valence-electron chi connectivity index (χ0n) is 13.5. The van der Waals surface area contributed by atoms with Crippen LogP contribution < -0.4 is 10.6 Å². The van der Waals surface area contributed by atoms with E-state index in [2.05, 4.69) is 25.8 Å².